The molecule has 94 valence electrons. The van der Waals surface area contributed by atoms with E-state index in [4.69, 9.17) is 16.3 Å². The van der Waals surface area contributed by atoms with E-state index in [0.717, 1.165) is 35.6 Å². The standard InChI is InChI=1S/C14H14ClNO2/c15-10-1-2-12-8(3-10)4-11(18-12)7-16-13(17)14-5-9(14)6-14/h1-3,9,11H,4-7H2,(H,16,17). The predicted molar refractivity (Wildman–Crippen MR) is 67.7 cm³/mol. The Hall–Kier alpha value is -1.22. The van der Waals surface area contributed by atoms with Crippen LogP contribution in [0.1, 0.15) is 18.4 Å². The lowest BCUT2D eigenvalue weighted by molar-refractivity contribution is -0.124. The van der Waals surface area contributed by atoms with Crippen LogP contribution in [0, 0.1) is 11.3 Å². The fourth-order valence-electron chi connectivity index (χ4n) is 2.86. The highest BCUT2D eigenvalue weighted by Crippen LogP contribution is 2.75. The van der Waals surface area contributed by atoms with Crippen molar-refractivity contribution in [1.82, 2.24) is 5.32 Å². The zero-order valence-electron chi connectivity index (χ0n) is 9.91. The summed E-state index contributed by atoms with van der Waals surface area (Å²) in [4.78, 5) is 11.9. The SMILES string of the molecule is O=C(NCC1Cc2cc(Cl)ccc2O1)C12CC1C2. The van der Waals surface area contributed by atoms with Gasteiger partial charge in [0.25, 0.3) is 0 Å². The Morgan fingerprint density at radius 2 is 2.28 bits per heavy atom. The van der Waals surface area contributed by atoms with E-state index in [0.29, 0.717) is 12.5 Å². The first-order valence-electron chi connectivity index (χ1n) is 6.41. The maximum Gasteiger partial charge on any atom is 0.226 e. The van der Waals surface area contributed by atoms with Crippen molar-refractivity contribution in [3.63, 3.8) is 0 Å². The molecular formula is C14H14ClNO2. The zero-order chi connectivity index (χ0) is 12.3. The first kappa shape index (κ1) is 10.7. The summed E-state index contributed by atoms with van der Waals surface area (Å²) in [6.07, 6.45) is 3.07. The van der Waals surface area contributed by atoms with Crippen LogP contribution in [0.4, 0.5) is 0 Å². The lowest BCUT2D eigenvalue weighted by Crippen LogP contribution is -2.36. The minimum Gasteiger partial charge on any atom is -0.488 e. The van der Waals surface area contributed by atoms with Gasteiger partial charge in [0.2, 0.25) is 5.91 Å². The predicted octanol–water partition coefficient (Wildman–Crippen LogP) is 2.17. The number of amides is 1. The van der Waals surface area contributed by atoms with Crippen LogP contribution in [0.2, 0.25) is 5.02 Å². The summed E-state index contributed by atoms with van der Waals surface area (Å²) in [7, 11) is 0. The van der Waals surface area contributed by atoms with E-state index in [1.54, 1.807) is 0 Å². The van der Waals surface area contributed by atoms with E-state index in [1.807, 2.05) is 18.2 Å². The molecule has 0 bridgehead atoms. The van der Waals surface area contributed by atoms with Gasteiger partial charge in [0.1, 0.15) is 11.9 Å². The molecule has 3 aliphatic rings. The molecule has 2 saturated carbocycles. The molecule has 4 rings (SSSR count). The molecular weight excluding hydrogens is 250 g/mol. The number of carbonyl (C=O) groups excluding carboxylic acids is 1. The van der Waals surface area contributed by atoms with Gasteiger partial charge in [0.05, 0.1) is 12.0 Å². The molecule has 1 heterocycles. The van der Waals surface area contributed by atoms with Crippen LogP contribution in [-0.2, 0) is 11.2 Å². The van der Waals surface area contributed by atoms with Crippen molar-refractivity contribution in [3.05, 3.63) is 28.8 Å². The first-order chi connectivity index (χ1) is 8.67. The van der Waals surface area contributed by atoms with Crippen molar-refractivity contribution in [3.8, 4) is 5.75 Å². The van der Waals surface area contributed by atoms with Crippen molar-refractivity contribution < 1.29 is 9.53 Å². The Balaban J connectivity index is 1.36. The Bertz CT molecular complexity index is 537. The minimum absolute atomic E-state index is 0.0504. The van der Waals surface area contributed by atoms with Gasteiger partial charge < -0.3 is 10.1 Å². The molecule has 2 aliphatic carbocycles. The zero-order valence-corrected chi connectivity index (χ0v) is 10.7. The number of hydrogen-bond donors (Lipinski definition) is 1. The molecule has 1 N–H and O–H groups in total. The van der Waals surface area contributed by atoms with Gasteiger partial charge in [-0.15, -0.1) is 0 Å². The van der Waals surface area contributed by atoms with Crippen LogP contribution in [0.3, 0.4) is 0 Å². The van der Waals surface area contributed by atoms with Gasteiger partial charge in [-0.2, -0.15) is 0 Å². The fraction of sp³-hybridized carbons (Fsp3) is 0.500. The van der Waals surface area contributed by atoms with Gasteiger partial charge in [0.15, 0.2) is 0 Å². The highest BCUT2D eigenvalue weighted by molar-refractivity contribution is 6.30. The minimum atomic E-state index is 0.0504. The van der Waals surface area contributed by atoms with Crippen LogP contribution in [0.25, 0.3) is 0 Å². The van der Waals surface area contributed by atoms with Crippen molar-refractivity contribution in [2.75, 3.05) is 6.54 Å². The molecule has 2 fully saturated rings. The summed E-state index contributed by atoms with van der Waals surface area (Å²) in [5, 5.41) is 3.76. The highest BCUT2D eigenvalue weighted by atomic mass is 35.5. The number of fused-ring (bicyclic) bond motifs is 2. The summed E-state index contributed by atoms with van der Waals surface area (Å²) in [5.41, 5.74) is 1.19. The molecule has 3 nitrogen and oxygen atoms in total. The van der Waals surface area contributed by atoms with Crippen LogP contribution in [0.5, 0.6) is 5.75 Å². The topological polar surface area (TPSA) is 38.3 Å². The molecule has 1 aliphatic heterocycles. The molecule has 1 aromatic carbocycles. The van der Waals surface area contributed by atoms with Crippen molar-refractivity contribution in [2.24, 2.45) is 11.3 Å². The van der Waals surface area contributed by atoms with E-state index in [-0.39, 0.29) is 17.4 Å². The second-order valence-electron chi connectivity index (χ2n) is 5.67. The number of carbonyl (C=O) groups is 1. The van der Waals surface area contributed by atoms with Crippen molar-refractivity contribution >= 4 is 17.5 Å². The van der Waals surface area contributed by atoms with Crippen molar-refractivity contribution in [2.45, 2.75) is 25.4 Å². The molecule has 1 amide bonds. The summed E-state index contributed by atoms with van der Waals surface area (Å²) in [5.74, 6) is 1.82. The molecule has 0 aromatic heterocycles. The van der Waals surface area contributed by atoms with Crippen LogP contribution in [-0.4, -0.2) is 18.6 Å². The fourth-order valence-corrected chi connectivity index (χ4v) is 3.05. The van der Waals surface area contributed by atoms with Crippen LogP contribution in [0.15, 0.2) is 18.2 Å². The molecule has 1 aromatic rings. The van der Waals surface area contributed by atoms with Gasteiger partial charge in [-0.25, -0.2) is 0 Å². The number of rotatable bonds is 3. The number of nitrogens with one attached hydrogen (secondary N) is 1. The van der Waals surface area contributed by atoms with Gasteiger partial charge in [-0.3, -0.25) is 4.79 Å². The number of hydrogen-bond acceptors (Lipinski definition) is 2. The molecule has 1 unspecified atom stereocenters. The number of ether oxygens (including phenoxy) is 1. The van der Waals surface area contributed by atoms with Gasteiger partial charge in [-0.1, -0.05) is 11.6 Å². The van der Waals surface area contributed by atoms with E-state index < -0.39 is 0 Å². The quantitative estimate of drug-likeness (QED) is 0.908. The van der Waals surface area contributed by atoms with E-state index in [9.17, 15) is 4.79 Å². The number of benzene rings is 1. The lowest BCUT2D eigenvalue weighted by Gasteiger charge is -2.12. The lowest BCUT2D eigenvalue weighted by atomic mass is 10.1. The smallest absolute Gasteiger partial charge is 0.226 e. The summed E-state index contributed by atoms with van der Waals surface area (Å²) < 4.78 is 5.79. The van der Waals surface area contributed by atoms with Crippen LogP contribution >= 0.6 is 11.6 Å². The Morgan fingerprint density at radius 3 is 3.00 bits per heavy atom. The van der Waals surface area contributed by atoms with Crippen molar-refractivity contribution in [1.29, 1.82) is 0 Å². The van der Waals surface area contributed by atoms with E-state index in [1.165, 1.54) is 0 Å². The molecule has 0 saturated heterocycles. The third-order valence-corrected chi connectivity index (χ3v) is 4.62. The largest absolute Gasteiger partial charge is 0.488 e. The van der Waals surface area contributed by atoms with Gasteiger partial charge >= 0.3 is 0 Å². The van der Waals surface area contributed by atoms with Gasteiger partial charge in [0, 0.05) is 11.4 Å². The normalized spacial score (nSPS) is 34.3. The summed E-state index contributed by atoms with van der Waals surface area (Å²) in [6, 6.07) is 5.67. The third kappa shape index (κ3) is 1.53. The van der Waals surface area contributed by atoms with Gasteiger partial charge in [-0.05, 0) is 42.5 Å². The maximum absolute atomic E-state index is 11.9. The average molecular weight is 264 g/mol. The first-order valence-corrected chi connectivity index (χ1v) is 6.78. The summed E-state index contributed by atoms with van der Waals surface area (Å²) >= 11 is 5.95. The number of halogens is 1. The van der Waals surface area contributed by atoms with Crippen LogP contribution < -0.4 is 10.1 Å². The monoisotopic (exact) mass is 263 g/mol. The van der Waals surface area contributed by atoms with E-state index >= 15 is 0 Å². The molecule has 0 radical (unpaired) electrons. The molecule has 18 heavy (non-hydrogen) atoms. The average Bonchev–Trinajstić information content (AvgIpc) is 3.15. The third-order valence-electron chi connectivity index (χ3n) is 4.39. The Labute approximate surface area is 110 Å². The summed E-state index contributed by atoms with van der Waals surface area (Å²) in [6.45, 7) is 0.597. The Morgan fingerprint density at radius 1 is 1.50 bits per heavy atom. The molecule has 0 spiro atoms. The molecule has 1 atom stereocenters. The second-order valence-corrected chi connectivity index (χ2v) is 6.10. The second kappa shape index (κ2) is 3.41. The maximum atomic E-state index is 11.9. The molecule has 4 heteroatoms. The van der Waals surface area contributed by atoms with E-state index in [2.05, 4.69) is 5.32 Å². The Kier molecular flexibility index (Phi) is 2.03. The highest BCUT2D eigenvalue weighted by Gasteiger charge is 2.74.